The number of nitrogens with one attached hydrogen (secondary N) is 1. The van der Waals surface area contributed by atoms with Crippen LogP contribution in [0.5, 0.6) is 0 Å². The van der Waals surface area contributed by atoms with Crippen LogP contribution < -0.4 is 5.32 Å². The largest absolute Gasteiger partial charge is 0.325 e. The zero-order chi connectivity index (χ0) is 25.7. The summed E-state index contributed by atoms with van der Waals surface area (Å²) < 4.78 is 4.46. The lowest BCUT2D eigenvalue weighted by Crippen LogP contribution is -2.15. The molecule has 0 saturated carbocycles. The number of hydrogen-bond acceptors (Lipinski definition) is 1. The van der Waals surface area contributed by atoms with Crippen molar-refractivity contribution in [1.29, 1.82) is 0 Å². The fraction of sp³-hybridized carbons (Fsp3) is 0.194. The number of benzene rings is 3. The van der Waals surface area contributed by atoms with Crippen LogP contribution in [0.4, 0.5) is 5.69 Å². The number of carbonyl (C=O) groups is 1. The fourth-order valence-corrected chi connectivity index (χ4v) is 5.74. The third kappa shape index (κ3) is 4.24. The molecule has 3 aromatic carbocycles. The molecule has 6 heteroatoms. The molecule has 186 valence electrons. The van der Waals surface area contributed by atoms with Crippen molar-refractivity contribution in [2.45, 2.75) is 39.7 Å². The molecule has 0 radical (unpaired) electrons. The topological polar surface area (TPSA) is 38.4 Å². The van der Waals surface area contributed by atoms with Crippen LogP contribution in [0.3, 0.4) is 0 Å². The summed E-state index contributed by atoms with van der Waals surface area (Å²) in [6, 6.07) is 21.7. The molecule has 1 N–H and O–H groups in total. The standard InChI is InChI=1S/C31H27Cl2N3O/c1-19-9-10-22(16-20(19)2)28-26-8-3-4-15-35-27(21-11-13-23(32)14-12-21)18-36(31(26)35)29(28)30(37)34-25-7-5-6-24(33)17-25/h5-7,9-14,16-18H,3-4,8,15H2,1-2H3,(H,34,37). The molecule has 5 aromatic rings. The van der Waals surface area contributed by atoms with Crippen LogP contribution in [-0.2, 0) is 13.0 Å². The van der Waals surface area contributed by atoms with Crippen LogP contribution in [0.25, 0.3) is 28.0 Å². The summed E-state index contributed by atoms with van der Waals surface area (Å²) in [5.74, 6) is -0.155. The number of aryl methyl sites for hydroxylation is 4. The van der Waals surface area contributed by atoms with E-state index >= 15 is 0 Å². The Labute approximate surface area is 226 Å². The number of imidazole rings is 1. The van der Waals surface area contributed by atoms with E-state index < -0.39 is 0 Å². The molecule has 0 bridgehead atoms. The molecule has 1 aliphatic rings. The molecule has 0 fully saturated rings. The van der Waals surface area contributed by atoms with Gasteiger partial charge in [0.05, 0.1) is 5.69 Å². The van der Waals surface area contributed by atoms with E-state index in [0.717, 1.165) is 53.8 Å². The Morgan fingerprint density at radius 3 is 2.41 bits per heavy atom. The maximum absolute atomic E-state index is 14.0. The molecule has 0 spiro atoms. The molecule has 0 saturated heterocycles. The third-order valence-electron chi connectivity index (χ3n) is 7.37. The summed E-state index contributed by atoms with van der Waals surface area (Å²) in [5, 5.41) is 4.39. The van der Waals surface area contributed by atoms with E-state index in [-0.39, 0.29) is 5.91 Å². The lowest BCUT2D eigenvalue weighted by Gasteiger charge is -2.12. The normalized spacial score (nSPS) is 13.1. The first-order valence-corrected chi connectivity index (χ1v) is 13.3. The van der Waals surface area contributed by atoms with Crippen molar-refractivity contribution in [3.05, 3.63) is 105 Å². The molecule has 1 amide bonds. The van der Waals surface area contributed by atoms with Crippen LogP contribution in [-0.4, -0.2) is 14.9 Å². The van der Waals surface area contributed by atoms with Gasteiger partial charge in [0.15, 0.2) is 0 Å². The maximum Gasteiger partial charge on any atom is 0.273 e. The average molecular weight is 528 g/mol. The van der Waals surface area contributed by atoms with E-state index in [0.29, 0.717) is 21.4 Å². The number of halogens is 2. The molecule has 0 unspecified atom stereocenters. The summed E-state index contributed by atoms with van der Waals surface area (Å²) in [6.45, 7) is 5.13. The number of hydrogen-bond donors (Lipinski definition) is 1. The van der Waals surface area contributed by atoms with Crippen LogP contribution >= 0.6 is 23.2 Å². The Morgan fingerprint density at radius 1 is 0.865 bits per heavy atom. The number of nitrogens with zero attached hydrogens (tertiary/aromatic N) is 2. The van der Waals surface area contributed by atoms with E-state index in [9.17, 15) is 4.79 Å². The second-order valence-corrected chi connectivity index (χ2v) is 10.7. The second-order valence-electron chi connectivity index (χ2n) is 9.79. The highest BCUT2D eigenvalue weighted by molar-refractivity contribution is 6.31. The number of amides is 1. The lowest BCUT2D eigenvalue weighted by atomic mass is 9.95. The van der Waals surface area contributed by atoms with Gasteiger partial charge >= 0.3 is 0 Å². The Balaban J connectivity index is 1.62. The molecule has 3 heterocycles. The van der Waals surface area contributed by atoms with Crippen molar-refractivity contribution in [1.82, 2.24) is 8.97 Å². The van der Waals surface area contributed by atoms with Crippen LogP contribution in [0, 0.1) is 13.8 Å². The monoisotopic (exact) mass is 527 g/mol. The lowest BCUT2D eigenvalue weighted by molar-refractivity contribution is 0.102. The van der Waals surface area contributed by atoms with Gasteiger partial charge in [-0.25, -0.2) is 0 Å². The molecule has 6 rings (SSSR count). The highest BCUT2D eigenvalue weighted by atomic mass is 35.5. The molecular formula is C31H27Cl2N3O. The summed E-state index contributed by atoms with van der Waals surface area (Å²) in [4.78, 5) is 14.0. The van der Waals surface area contributed by atoms with Crippen LogP contribution in [0.2, 0.25) is 10.0 Å². The Morgan fingerprint density at radius 2 is 1.65 bits per heavy atom. The van der Waals surface area contributed by atoms with E-state index in [1.165, 1.54) is 16.7 Å². The van der Waals surface area contributed by atoms with Crippen molar-refractivity contribution in [3.8, 4) is 22.4 Å². The van der Waals surface area contributed by atoms with Crippen LogP contribution in [0.1, 0.15) is 40.0 Å². The third-order valence-corrected chi connectivity index (χ3v) is 7.85. The smallest absolute Gasteiger partial charge is 0.273 e. The van der Waals surface area contributed by atoms with Crippen molar-refractivity contribution in [3.63, 3.8) is 0 Å². The first-order chi connectivity index (χ1) is 17.9. The zero-order valence-electron chi connectivity index (χ0n) is 20.8. The Hall–Kier alpha value is -3.47. The van der Waals surface area contributed by atoms with Crippen molar-refractivity contribution < 1.29 is 4.79 Å². The minimum absolute atomic E-state index is 0.155. The number of rotatable bonds is 4. The molecule has 0 aliphatic carbocycles. The SMILES string of the molecule is Cc1ccc(-c2c3c4n(c(-c5ccc(Cl)cc5)cn4c2C(=O)Nc2cccc(Cl)c2)CCCC3)cc1C. The van der Waals surface area contributed by atoms with E-state index in [2.05, 4.69) is 52.5 Å². The minimum atomic E-state index is -0.155. The van der Waals surface area contributed by atoms with Gasteiger partial charge in [-0.2, -0.15) is 0 Å². The Bertz CT molecular complexity index is 1660. The maximum atomic E-state index is 14.0. The molecule has 37 heavy (non-hydrogen) atoms. The van der Waals surface area contributed by atoms with Gasteiger partial charge in [0.25, 0.3) is 5.91 Å². The summed E-state index contributed by atoms with van der Waals surface area (Å²) in [5.41, 5.74) is 10.3. The van der Waals surface area contributed by atoms with E-state index in [1.807, 2.05) is 36.4 Å². The number of anilines is 1. The Kier molecular flexibility index (Phi) is 6.10. The van der Waals surface area contributed by atoms with Gasteiger partial charge in [-0.3, -0.25) is 9.20 Å². The predicted molar refractivity (Wildman–Crippen MR) is 153 cm³/mol. The summed E-state index contributed by atoms with van der Waals surface area (Å²) in [7, 11) is 0. The van der Waals surface area contributed by atoms with E-state index in [1.54, 1.807) is 12.1 Å². The van der Waals surface area contributed by atoms with Crippen LogP contribution in [0.15, 0.2) is 72.9 Å². The highest BCUT2D eigenvalue weighted by Gasteiger charge is 2.29. The average Bonchev–Trinajstić information content (AvgIpc) is 3.29. The number of carbonyl (C=O) groups excluding carboxylic acids is 1. The fourth-order valence-electron chi connectivity index (χ4n) is 5.42. The first-order valence-electron chi connectivity index (χ1n) is 12.6. The minimum Gasteiger partial charge on any atom is -0.325 e. The first kappa shape index (κ1) is 23.9. The zero-order valence-corrected chi connectivity index (χ0v) is 22.3. The van der Waals surface area contributed by atoms with Gasteiger partial charge in [0, 0.05) is 39.6 Å². The summed E-state index contributed by atoms with van der Waals surface area (Å²) in [6.07, 6.45) is 5.16. The van der Waals surface area contributed by atoms with Gasteiger partial charge < -0.3 is 9.88 Å². The van der Waals surface area contributed by atoms with Crippen molar-refractivity contribution >= 4 is 40.4 Å². The van der Waals surface area contributed by atoms with Gasteiger partial charge in [-0.1, -0.05) is 59.6 Å². The molecule has 1 aliphatic heterocycles. The van der Waals surface area contributed by atoms with Crippen molar-refractivity contribution in [2.75, 3.05) is 5.32 Å². The van der Waals surface area contributed by atoms with E-state index in [4.69, 9.17) is 23.2 Å². The highest BCUT2D eigenvalue weighted by Crippen LogP contribution is 2.40. The number of aromatic nitrogens is 2. The molecule has 0 atom stereocenters. The second kappa shape index (κ2) is 9.44. The molecular weight excluding hydrogens is 501 g/mol. The molecule has 2 aromatic heterocycles. The van der Waals surface area contributed by atoms with Gasteiger partial charge in [0.1, 0.15) is 11.3 Å². The molecule has 4 nitrogen and oxygen atoms in total. The van der Waals surface area contributed by atoms with Gasteiger partial charge in [0.2, 0.25) is 0 Å². The van der Waals surface area contributed by atoms with Crippen molar-refractivity contribution in [2.24, 2.45) is 0 Å². The van der Waals surface area contributed by atoms with Gasteiger partial charge in [-0.05, 0) is 85.7 Å². The predicted octanol–water partition coefficient (Wildman–Crippen LogP) is 8.59. The summed E-state index contributed by atoms with van der Waals surface area (Å²) >= 11 is 12.4. The van der Waals surface area contributed by atoms with Gasteiger partial charge in [-0.15, -0.1) is 0 Å². The quantitative estimate of drug-likeness (QED) is 0.249.